The second-order valence-electron chi connectivity index (χ2n) is 4.63. The fourth-order valence-electron chi connectivity index (χ4n) is 2.07. The van der Waals surface area contributed by atoms with Crippen LogP contribution in [0.25, 0.3) is 0 Å². The molecule has 17 heavy (non-hydrogen) atoms. The number of likely N-dealkylation sites (N-methyl/N-ethyl adjacent to an activating group) is 1. The highest BCUT2D eigenvalue weighted by atomic mass is 32.2. The molecule has 1 aliphatic carbocycles. The number of primary sulfonamides is 1. The van der Waals surface area contributed by atoms with Crippen LogP contribution in [0.5, 0.6) is 0 Å². The minimum Gasteiger partial charge on any atom is -0.316 e. The minimum absolute atomic E-state index is 0.175. The Morgan fingerprint density at radius 3 is 2.35 bits per heavy atom. The lowest BCUT2D eigenvalue weighted by molar-refractivity contribution is 0.500. The van der Waals surface area contributed by atoms with Gasteiger partial charge in [0.2, 0.25) is 10.0 Å². The first-order valence-electron chi connectivity index (χ1n) is 5.79. The Balaban J connectivity index is 2.07. The molecule has 0 aliphatic heterocycles. The molecule has 0 amide bonds. The molecule has 1 saturated carbocycles. The number of rotatable bonds is 5. The molecule has 0 aromatic heterocycles. The third-order valence-electron chi connectivity index (χ3n) is 3.27. The molecule has 1 atom stereocenters. The molecule has 1 aliphatic rings. The molecule has 1 aromatic carbocycles. The van der Waals surface area contributed by atoms with E-state index < -0.39 is 10.0 Å². The number of sulfonamides is 1. The van der Waals surface area contributed by atoms with E-state index in [2.05, 4.69) is 5.32 Å². The van der Waals surface area contributed by atoms with Gasteiger partial charge in [-0.25, -0.2) is 13.6 Å². The van der Waals surface area contributed by atoms with Crippen molar-refractivity contribution in [3.63, 3.8) is 0 Å². The van der Waals surface area contributed by atoms with Crippen molar-refractivity contribution in [1.82, 2.24) is 5.32 Å². The normalized spacial score (nSPS) is 18.0. The smallest absolute Gasteiger partial charge is 0.238 e. The van der Waals surface area contributed by atoms with Gasteiger partial charge in [-0.05, 0) is 49.9 Å². The molecule has 1 fully saturated rings. The summed E-state index contributed by atoms with van der Waals surface area (Å²) in [6, 6.07) is 7.32. The number of nitrogens with one attached hydrogen (secondary N) is 1. The maximum Gasteiger partial charge on any atom is 0.238 e. The van der Waals surface area contributed by atoms with Gasteiger partial charge >= 0.3 is 0 Å². The molecule has 2 rings (SSSR count). The van der Waals surface area contributed by atoms with E-state index in [-0.39, 0.29) is 4.90 Å². The summed E-state index contributed by atoms with van der Waals surface area (Å²) in [6.07, 6.45) is 3.52. The van der Waals surface area contributed by atoms with Crippen LogP contribution in [0.4, 0.5) is 0 Å². The Hall–Kier alpha value is -0.910. The van der Waals surface area contributed by atoms with Crippen molar-refractivity contribution in [3.8, 4) is 0 Å². The van der Waals surface area contributed by atoms with Gasteiger partial charge in [-0.2, -0.15) is 0 Å². The van der Waals surface area contributed by atoms with Gasteiger partial charge in [0, 0.05) is 6.04 Å². The van der Waals surface area contributed by atoms with Crippen LogP contribution in [0.1, 0.15) is 18.4 Å². The highest BCUT2D eigenvalue weighted by molar-refractivity contribution is 7.89. The summed E-state index contributed by atoms with van der Waals surface area (Å²) in [5, 5.41) is 8.37. The van der Waals surface area contributed by atoms with Crippen molar-refractivity contribution in [3.05, 3.63) is 29.8 Å². The first-order chi connectivity index (χ1) is 8.00. The predicted molar refractivity (Wildman–Crippen MR) is 67.1 cm³/mol. The number of hydrogen-bond acceptors (Lipinski definition) is 3. The van der Waals surface area contributed by atoms with Crippen LogP contribution in [0.15, 0.2) is 29.2 Å². The molecule has 0 spiro atoms. The topological polar surface area (TPSA) is 72.2 Å². The van der Waals surface area contributed by atoms with Gasteiger partial charge in [0.15, 0.2) is 0 Å². The van der Waals surface area contributed by atoms with E-state index in [1.807, 2.05) is 19.2 Å². The third-order valence-corrected chi connectivity index (χ3v) is 4.20. The molecule has 94 valence electrons. The van der Waals surface area contributed by atoms with Crippen molar-refractivity contribution in [2.45, 2.75) is 30.2 Å². The van der Waals surface area contributed by atoms with Crippen molar-refractivity contribution in [2.24, 2.45) is 11.1 Å². The maximum atomic E-state index is 11.1. The van der Waals surface area contributed by atoms with Crippen molar-refractivity contribution < 1.29 is 8.42 Å². The van der Waals surface area contributed by atoms with Gasteiger partial charge in [-0.15, -0.1) is 0 Å². The van der Waals surface area contributed by atoms with Gasteiger partial charge in [-0.1, -0.05) is 12.1 Å². The van der Waals surface area contributed by atoms with E-state index in [1.54, 1.807) is 12.1 Å². The third kappa shape index (κ3) is 3.28. The van der Waals surface area contributed by atoms with Crippen LogP contribution < -0.4 is 10.5 Å². The lowest BCUT2D eigenvalue weighted by Gasteiger charge is -2.15. The van der Waals surface area contributed by atoms with Gasteiger partial charge in [0.05, 0.1) is 4.90 Å². The molecular formula is C12H18N2O2S. The SMILES string of the molecule is CNC(Cc1ccc(S(N)(=O)=O)cc1)C1CC1. The van der Waals surface area contributed by atoms with Crippen LogP contribution in [0, 0.1) is 5.92 Å². The zero-order valence-electron chi connectivity index (χ0n) is 9.89. The minimum atomic E-state index is -3.57. The van der Waals surface area contributed by atoms with Crippen LogP contribution in [0.2, 0.25) is 0 Å². The predicted octanol–water partition coefficient (Wildman–Crippen LogP) is 0.875. The average Bonchev–Trinajstić information content (AvgIpc) is 3.09. The highest BCUT2D eigenvalue weighted by Gasteiger charge is 2.29. The zero-order valence-corrected chi connectivity index (χ0v) is 10.7. The molecule has 0 radical (unpaired) electrons. The first kappa shape index (κ1) is 12.5. The maximum absolute atomic E-state index is 11.1. The molecule has 3 N–H and O–H groups in total. The average molecular weight is 254 g/mol. The summed E-state index contributed by atoms with van der Waals surface area (Å²) in [5.74, 6) is 0.776. The largest absolute Gasteiger partial charge is 0.316 e. The summed E-state index contributed by atoms with van der Waals surface area (Å²) >= 11 is 0. The standard InChI is InChI=1S/C12H18N2O2S/c1-14-12(10-4-5-10)8-9-2-6-11(7-3-9)17(13,15)16/h2-3,6-7,10,12,14H,4-5,8H2,1H3,(H2,13,15,16). The van der Waals surface area contributed by atoms with E-state index in [0.29, 0.717) is 6.04 Å². The lowest BCUT2D eigenvalue weighted by atomic mass is 10.0. The Bertz CT molecular complexity index is 478. The van der Waals surface area contributed by atoms with Crippen LogP contribution in [-0.2, 0) is 16.4 Å². The Morgan fingerprint density at radius 1 is 1.35 bits per heavy atom. The summed E-state index contributed by atoms with van der Waals surface area (Å²) in [5.41, 5.74) is 1.14. The highest BCUT2D eigenvalue weighted by Crippen LogP contribution is 2.33. The van der Waals surface area contributed by atoms with Crippen molar-refractivity contribution in [2.75, 3.05) is 7.05 Å². The molecule has 1 unspecified atom stereocenters. The fraction of sp³-hybridized carbons (Fsp3) is 0.500. The zero-order chi connectivity index (χ0) is 12.5. The Kier molecular flexibility index (Phi) is 3.51. The van der Waals surface area contributed by atoms with E-state index in [1.165, 1.54) is 12.8 Å². The molecule has 5 heteroatoms. The monoisotopic (exact) mass is 254 g/mol. The summed E-state index contributed by atoms with van der Waals surface area (Å²) in [6.45, 7) is 0. The first-order valence-corrected chi connectivity index (χ1v) is 7.34. The molecule has 4 nitrogen and oxygen atoms in total. The van der Waals surface area contributed by atoms with Crippen LogP contribution in [-0.4, -0.2) is 21.5 Å². The molecular weight excluding hydrogens is 236 g/mol. The van der Waals surface area contributed by atoms with E-state index in [9.17, 15) is 8.42 Å². The second-order valence-corrected chi connectivity index (χ2v) is 6.19. The van der Waals surface area contributed by atoms with Gasteiger partial charge < -0.3 is 5.32 Å². The van der Waals surface area contributed by atoms with Crippen molar-refractivity contribution in [1.29, 1.82) is 0 Å². The quantitative estimate of drug-likeness (QED) is 0.819. The lowest BCUT2D eigenvalue weighted by Crippen LogP contribution is -2.29. The van der Waals surface area contributed by atoms with E-state index >= 15 is 0 Å². The summed E-state index contributed by atoms with van der Waals surface area (Å²) in [4.78, 5) is 0.175. The Labute approximate surface area is 102 Å². The van der Waals surface area contributed by atoms with Crippen LogP contribution in [0.3, 0.4) is 0 Å². The molecule has 0 heterocycles. The second kappa shape index (κ2) is 4.76. The fourth-order valence-corrected chi connectivity index (χ4v) is 2.59. The summed E-state index contributed by atoms with van der Waals surface area (Å²) < 4.78 is 22.2. The number of hydrogen-bond donors (Lipinski definition) is 2. The number of benzene rings is 1. The van der Waals surface area contributed by atoms with Crippen molar-refractivity contribution >= 4 is 10.0 Å². The van der Waals surface area contributed by atoms with Gasteiger partial charge in [0.1, 0.15) is 0 Å². The van der Waals surface area contributed by atoms with E-state index in [4.69, 9.17) is 5.14 Å². The van der Waals surface area contributed by atoms with Crippen LogP contribution >= 0.6 is 0 Å². The number of nitrogens with two attached hydrogens (primary N) is 1. The molecule has 0 bridgehead atoms. The summed E-state index contributed by atoms with van der Waals surface area (Å²) in [7, 11) is -1.60. The molecule has 0 saturated heterocycles. The van der Waals surface area contributed by atoms with Gasteiger partial charge in [-0.3, -0.25) is 0 Å². The van der Waals surface area contributed by atoms with Gasteiger partial charge in [0.25, 0.3) is 0 Å². The Morgan fingerprint density at radius 2 is 1.94 bits per heavy atom. The van der Waals surface area contributed by atoms with E-state index in [0.717, 1.165) is 17.9 Å². The molecule has 1 aromatic rings.